The average molecular weight is 279 g/mol. The molecule has 5 nitrogen and oxygen atoms in total. The van der Waals surface area contributed by atoms with Gasteiger partial charge in [-0.3, -0.25) is 0 Å². The van der Waals surface area contributed by atoms with Crippen LogP contribution in [0.2, 0.25) is 0 Å². The highest BCUT2D eigenvalue weighted by Gasteiger charge is 2.21. The second-order valence-electron chi connectivity index (χ2n) is 6.00. The molecule has 1 aromatic heterocycles. The van der Waals surface area contributed by atoms with E-state index in [9.17, 15) is 4.79 Å². The van der Waals surface area contributed by atoms with Gasteiger partial charge in [0.1, 0.15) is 11.4 Å². The Morgan fingerprint density at radius 2 is 1.95 bits per heavy atom. The zero-order valence-corrected chi connectivity index (χ0v) is 13.1. The lowest BCUT2D eigenvalue weighted by molar-refractivity contribution is 0.0271. The van der Waals surface area contributed by atoms with Gasteiger partial charge >= 0.3 is 6.09 Å². The van der Waals surface area contributed by atoms with Gasteiger partial charge in [-0.15, -0.1) is 0 Å². The summed E-state index contributed by atoms with van der Waals surface area (Å²) < 4.78 is 5.35. The van der Waals surface area contributed by atoms with Crippen LogP contribution in [0.5, 0.6) is 0 Å². The minimum absolute atomic E-state index is 0.287. The minimum Gasteiger partial charge on any atom is -0.444 e. The summed E-state index contributed by atoms with van der Waals surface area (Å²) in [6, 6.07) is 1.80. The van der Waals surface area contributed by atoms with Crippen molar-refractivity contribution in [2.24, 2.45) is 5.92 Å². The Kier molecular flexibility index (Phi) is 5.92. The van der Waals surface area contributed by atoms with Gasteiger partial charge in [-0.25, -0.2) is 14.8 Å². The Morgan fingerprint density at radius 1 is 1.35 bits per heavy atom. The largest absolute Gasteiger partial charge is 0.444 e. The van der Waals surface area contributed by atoms with E-state index in [1.807, 2.05) is 20.8 Å². The van der Waals surface area contributed by atoms with Crippen LogP contribution in [0.25, 0.3) is 0 Å². The molecular formula is C15H25N3O2. The van der Waals surface area contributed by atoms with Gasteiger partial charge in [0.25, 0.3) is 0 Å². The summed E-state index contributed by atoms with van der Waals surface area (Å²) >= 11 is 0. The fraction of sp³-hybridized carbons (Fsp3) is 0.667. The Morgan fingerprint density at radius 3 is 2.45 bits per heavy atom. The molecule has 1 aromatic rings. The highest BCUT2D eigenvalue weighted by molar-refractivity contribution is 5.67. The lowest BCUT2D eigenvalue weighted by atomic mass is 10.0. The van der Waals surface area contributed by atoms with E-state index in [1.165, 1.54) is 0 Å². The summed E-state index contributed by atoms with van der Waals surface area (Å²) in [4.78, 5) is 22.0. The normalized spacial score (nSPS) is 12.8. The van der Waals surface area contributed by atoms with Crippen LogP contribution in [0.15, 0.2) is 18.5 Å². The molecule has 0 bridgehead atoms. The first kappa shape index (κ1) is 16.4. The van der Waals surface area contributed by atoms with Crippen molar-refractivity contribution >= 4 is 6.09 Å². The van der Waals surface area contributed by atoms with E-state index in [-0.39, 0.29) is 6.09 Å². The SMILES string of the molecule is CCC(Cc1ncccn1)CN(C)C(=O)OC(C)(C)C. The first-order valence-electron chi connectivity index (χ1n) is 7.02. The van der Waals surface area contributed by atoms with Crippen molar-refractivity contribution in [2.45, 2.75) is 46.1 Å². The minimum atomic E-state index is -0.463. The monoisotopic (exact) mass is 279 g/mol. The summed E-state index contributed by atoms with van der Waals surface area (Å²) in [6.45, 7) is 8.36. The van der Waals surface area contributed by atoms with Gasteiger partial charge in [-0.1, -0.05) is 13.3 Å². The van der Waals surface area contributed by atoms with Crippen molar-refractivity contribution in [1.82, 2.24) is 14.9 Å². The number of nitrogens with zero attached hydrogens (tertiary/aromatic N) is 3. The number of carbonyl (C=O) groups excluding carboxylic acids is 1. The predicted octanol–water partition coefficient (Wildman–Crippen LogP) is 2.91. The molecule has 0 saturated carbocycles. The van der Waals surface area contributed by atoms with E-state index in [1.54, 1.807) is 30.4 Å². The molecule has 0 radical (unpaired) electrons. The molecular weight excluding hydrogens is 254 g/mol. The molecule has 1 rings (SSSR count). The smallest absolute Gasteiger partial charge is 0.410 e. The number of carbonyl (C=O) groups is 1. The first-order chi connectivity index (χ1) is 9.31. The van der Waals surface area contributed by atoms with Gasteiger partial charge in [0.05, 0.1) is 0 Å². The molecule has 112 valence electrons. The molecule has 0 N–H and O–H groups in total. The van der Waals surface area contributed by atoms with E-state index in [0.717, 1.165) is 18.7 Å². The van der Waals surface area contributed by atoms with Crippen molar-refractivity contribution < 1.29 is 9.53 Å². The van der Waals surface area contributed by atoms with Crippen LogP contribution in [0.4, 0.5) is 4.79 Å². The van der Waals surface area contributed by atoms with Crippen LogP contribution >= 0.6 is 0 Å². The number of ether oxygens (including phenoxy) is 1. The standard InChI is InChI=1S/C15H25N3O2/c1-6-12(10-13-16-8-7-9-17-13)11-18(5)14(19)20-15(2,3)4/h7-9,12H,6,10-11H2,1-5H3. The summed E-state index contributed by atoms with van der Waals surface area (Å²) in [5, 5.41) is 0. The van der Waals surface area contributed by atoms with Crippen molar-refractivity contribution in [2.75, 3.05) is 13.6 Å². The lowest BCUT2D eigenvalue weighted by Crippen LogP contribution is -2.37. The van der Waals surface area contributed by atoms with Crippen molar-refractivity contribution in [3.8, 4) is 0 Å². The van der Waals surface area contributed by atoms with Crippen LogP contribution in [0, 0.1) is 5.92 Å². The van der Waals surface area contributed by atoms with E-state index < -0.39 is 5.60 Å². The van der Waals surface area contributed by atoms with Gasteiger partial charge in [0.2, 0.25) is 0 Å². The third kappa shape index (κ3) is 5.99. The summed E-state index contributed by atoms with van der Waals surface area (Å²) in [5.41, 5.74) is -0.463. The molecule has 0 aliphatic carbocycles. The van der Waals surface area contributed by atoms with Crippen LogP contribution in [-0.4, -0.2) is 40.2 Å². The third-order valence-electron chi connectivity index (χ3n) is 2.91. The third-order valence-corrected chi connectivity index (χ3v) is 2.91. The molecule has 0 aliphatic heterocycles. The Balaban J connectivity index is 2.53. The molecule has 1 unspecified atom stereocenters. The molecule has 0 fully saturated rings. The van der Waals surface area contributed by atoms with E-state index >= 15 is 0 Å². The lowest BCUT2D eigenvalue weighted by Gasteiger charge is -2.27. The van der Waals surface area contributed by atoms with Crippen molar-refractivity contribution in [3.05, 3.63) is 24.3 Å². The molecule has 0 aromatic carbocycles. The summed E-state index contributed by atoms with van der Waals surface area (Å²) in [6.07, 6.45) is 4.93. The van der Waals surface area contributed by atoms with Crippen LogP contribution in [0.1, 0.15) is 39.9 Å². The Labute approximate surface area is 121 Å². The Bertz CT molecular complexity index is 415. The zero-order valence-electron chi connectivity index (χ0n) is 13.1. The fourth-order valence-electron chi connectivity index (χ4n) is 1.83. The van der Waals surface area contributed by atoms with Gasteiger partial charge in [-0.05, 0) is 32.8 Å². The maximum atomic E-state index is 11.9. The number of hydrogen-bond acceptors (Lipinski definition) is 4. The summed E-state index contributed by atoms with van der Waals surface area (Å²) in [7, 11) is 1.77. The second-order valence-corrected chi connectivity index (χ2v) is 6.00. The van der Waals surface area contributed by atoms with Crippen LogP contribution in [-0.2, 0) is 11.2 Å². The highest BCUT2D eigenvalue weighted by Crippen LogP contribution is 2.13. The Hall–Kier alpha value is -1.65. The maximum absolute atomic E-state index is 11.9. The van der Waals surface area contributed by atoms with Gasteiger partial charge in [0, 0.05) is 32.4 Å². The van der Waals surface area contributed by atoms with Crippen molar-refractivity contribution in [1.29, 1.82) is 0 Å². The number of amides is 1. The molecule has 0 spiro atoms. The van der Waals surface area contributed by atoms with Crippen LogP contribution < -0.4 is 0 Å². The topological polar surface area (TPSA) is 55.3 Å². The molecule has 1 heterocycles. The van der Waals surface area contributed by atoms with Crippen LogP contribution in [0.3, 0.4) is 0 Å². The van der Waals surface area contributed by atoms with E-state index in [2.05, 4.69) is 16.9 Å². The van der Waals surface area contributed by atoms with Gasteiger partial charge in [-0.2, -0.15) is 0 Å². The van der Waals surface area contributed by atoms with E-state index in [0.29, 0.717) is 12.5 Å². The maximum Gasteiger partial charge on any atom is 0.410 e. The van der Waals surface area contributed by atoms with Gasteiger partial charge in [0.15, 0.2) is 0 Å². The highest BCUT2D eigenvalue weighted by atomic mass is 16.6. The van der Waals surface area contributed by atoms with E-state index in [4.69, 9.17) is 4.74 Å². The number of aromatic nitrogens is 2. The van der Waals surface area contributed by atoms with Crippen molar-refractivity contribution in [3.63, 3.8) is 0 Å². The average Bonchev–Trinajstić information content (AvgIpc) is 2.37. The molecule has 1 amide bonds. The molecule has 5 heteroatoms. The quantitative estimate of drug-likeness (QED) is 0.831. The first-order valence-corrected chi connectivity index (χ1v) is 7.02. The predicted molar refractivity (Wildman–Crippen MR) is 78.4 cm³/mol. The fourth-order valence-corrected chi connectivity index (χ4v) is 1.83. The van der Waals surface area contributed by atoms with Gasteiger partial charge < -0.3 is 9.64 Å². The summed E-state index contributed by atoms with van der Waals surface area (Å²) in [5.74, 6) is 1.15. The molecule has 20 heavy (non-hydrogen) atoms. The second kappa shape index (κ2) is 7.22. The molecule has 1 atom stereocenters. The number of rotatable bonds is 5. The molecule has 0 saturated heterocycles. The zero-order chi connectivity index (χ0) is 15.2. The molecule has 0 aliphatic rings. The number of hydrogen-bond donors (Lipinski definition) is 0.